The molecule has 0 saturated carbocycles. The van der Waals surface area contributed by atoms with Crippen LogP contribution in [0.1, 0.15) is 24.6 Å². The number of benzene rings is 4. The minimum absolute atomic E-state index is 0.238. The van der Waals surface area contributed by atoms with E-state index in [0.29, 0.717) is 58.9 Å². The molecule has 2 heterocycles. The van der Waals surface area contributed by atoms with Crippen molar-refractivity contribution in [1.29, 1.82) is 0 Å². The topological polar surface area (TPSA) is 103 Å². The van der Waals surface area contributed by atoms with E-state index in [-0.39, 0.29) is 5.91 Å². The lowest BCUT2D eigenvalue weighted by Gasteiger charge is -2.13. The number of rotatable bonds is 14. The van der Waals surface area contributed by atoms with Gasteiger partial charge in [-0.1, -0.05) is 12.1 Å². The highest BCUT2D eigenvalue weighted by Crippen LogP contribution is 2.42. The Balaban J connectivity index is 1.09. The quantitative estimate of drug-likeness (QED) is 0.105. The van der Waals surface area contributed by atoms with Gasteiger partial charge in [0.25, 0.3) is 0 Å². The van der Waals surface area contributed by atoms with Gasteiger partial charge in [-0.15, -0.1) is 11.3 Å². The van der Waals surface area contributed by atoms with E-state index in [0.717, 1.165) is 40.2 Å². The Morgan fingerprint density at radius 2 is 1.35 bits per heavy atom. The highest BCUT2D eigenvalue weighted by atomic mass is 32.1. The van der Waals surface area contributed by atoms with Crippen LogP contribution in [-0.2, 0) is 0 Å². The first-order valence-corrected chi connectivity index (χ1v) is 16.6. The van der Waals surface area contributed by atoms with Crippen LogP contribution in [0.15, 0.2) is 84.9 Å². The summed E-state index contributed by atoms with van der Waals surface area (Å²) in [5, 5.41) is 5.61. The first-order valence-electron chi connectivity index (χ1n) is 15.7. The van der Waals surface area contributed by atoms with E-state index in [1.54, 1.807) is 51.9 Å². The third-order valence-corrected chi connectivity index (χ3v) is 8.97. The van der Waals surface area contributed by atoms with Gasteiger partial charge in [0.1, 0.15) is 10.8 Å². The Morgan fingerprint density at radius 1 is 0.694 bits per heavy atom. The van der Waals surface area contributed by atoms with Crippen molar-refractivity contribution in [3.8, 4) is 67.6 Å². The molecule has 49 heavy (non-hydrogen) atoms. The van der Waals surface area contributed by atoms with Crippen molar-refractivity contribution < 1.29 is 33.2 Å². The molecule has 0 unspecified atom stereocenters. The molecule has 0 saturated heterocycles. The lowest BCUT2D eigenvalue weighted by atomic mass is 10.1. The van der Waals surface area contributed by atoms with Gasteiger partial charge < -0.3 is 28.4 Å². The molecule has 0 bridgehead atoms. The molecular weight excluding hydrogens is 642 g/mol. The fraction of sp³-hybridized carbons (Fsp3) is 0.237. The fourth-order valence-electron chi connectivity index (χ4n) is 5.41. The monoisotopic (exact) mass is 679 g/mol. The van der Waals surface area contributed by atoms with Crippen molar-refractivity contribution >= 4 is 27.5 Å². The van der Waals surface area contributed by atoms with Crippen molar-refractivity contribution in [2.75, 3.05) is 41.7 Å². The average Bonchev–Trinajstić information content (AvgIpc) is 3.78. The summed E-state index contributed by atoms with van der Waals surface area (Å²) in [6.07, 6.45) is 1.57. The molecule has 0 N–H and O–H groups in total. The number of methoxy groups -OCH3 is 4. The molecule has 0 aliphatic rings. The number of hydrogen-bond donors (Lipinski definition) is 0. The van der Waals surface area contributed by atoms with Gasteiger partial charge in [0.15, 0.2) is 23.0 Å². The molecule has 0 aliphatic carbocycles. The number of ether oxygens (including phenoxy) is 6. The maximum Gasteiger partial charge on any atom is 0.244 e. The molecule has 6 rings (SSSR count). The molecule has 10 nitrogen and oxygen atoms in total. The van der Waals surface area contributed by atoms with Crippen LogP contribution in [0.5, 0.6) is 34.5 Å². The van der Waals surface area contributed by atoms with Crippen LogP contribution in [-0.4, -0.2) is 62.3 Å². The van der Waals surface area contributed by atoms with E-state index in [1.165, 1.54) is 16.3 Å². The predicted molar refractivity (Wildman–Crippen MR) is 191 cm³/mol. The molecule has 0 atom stereocenters. The summed E-state index contributed by atoms with van der Waals surface area (Å²) in [6, 6.07) is 27.2. The summed E-state index contributed by atoms with van der Waals surface area (Å²) in [4.78, 5) is 17.4. The van der Waals surface area contributed by atoms with Crippen LogP contribution in [0.3, 0.4) is 0 Å². The summed E-state index contributed by atoms with van der Waals surface area (Å²) in [6.45, 7) is 2.49. The summed E-state index contributed by atoms with van der Waals surface area (Å²) >= 11 is 1.68. The summed E-state index contributed by atoms with van der Waals surface area (Å²) in [5.41, 5.74) is 4.70. The number of fused-ring (bicyclic) bond motifs is 1. The Hall–Kier alpha value is -5.55. The second-order valence-corrected chi connectivity index (χ2v) is 12.1. The van der Waals surface area contributed by atoms with Crippen LogP contribution < -0.4 is 28.4 Å². The van der Waals surface area contributed by atoms with Crippen molar-refractivity contribution in [3.05, 3.63) is 84.9 Å². The first-order chi connectivity index (χ1) is 23.9. The summed E-state index contributed by atoms with van der Waals surface area (Å²) < 4.78 is 36.8. The van der Waals surface area contributed by atoms with Gasteiger partial charge in [-0.2, -0.15) is 9.78 Å². The third kappa shape index (κ3) is 7.31. The van der Waals surface area contributed by atoms with E-state index in [4.69, 9.17) is 33.4 Å². The second kappa shape index (κ2) is 15.1. The minimum atomic E-state index is -0.238. The molecule has 4 aromatic carbocycles. The minimum Gasteiger partial charge on any atom is -0.494 e. The summed E-state index contributed by atoms with van der Waals surface area (Å²) in [5.74, 6) is 3.17. The van der Waals surface area contributed by atoms with Gasteiger partial charge in [0.2, 0.25) is 11.7 Å². The second-order valence-electron chi connectivity index (χ2n) is 11.0. The van der Waals surface area contributed by atoms with Crippen LogP contribution in [0.4, 0.5) is 0 Å². The van der Waals surface area contributed by atoms with Crippen LogP contribution in [0.25, 0.3) is 43.3 Å². The van der Waals surface area contributed by atoms with E-state index in [1.807, 2.05) is 66.7 Å². The normalized spacial score (nSPS) is 11.0. The molecule has 0 spiro atoms. The number of aromatic nitrogens is 3. The van der Waals surface area contributed by atoms with Crippen LogP contribution in [0, 0.1) is 0 Å². The predicted octanol–water partition coefficient (Wildman–Crippen LogP) is 8.43. The number of para-hydroxylation sites is 1. The molecule has 252 valence electrons. The lowest BCUT2D eigenvalue weighted by molar-refractivity contribution is 0.0923. The zero-order valence-corrected chi connectivity index (χ0v) is 28.8. The van der Waals surface area contributed by atoms with Crippen molar-refractivity contribution in [3.63, 3.8) is 0 Å². The number of nitrogens with zero attached hydrogens (tertiary/aromatic N) is 3. The first kappa shape index (κ1) is 33.4. The smallest absolute Gasteiger partial charge is 0.244 e. The molecule has 11 heteroatoms. The van der Waals surface area contributed by atoms with Crippen molar-refractivity contribution in [2.45, 2.75) is 19.8 Å². The number of carbonyl (C=O) groups is 1. The Morgan fingerprint density at radius 3 is 2.00 bits per heavy atom. The Labute approximate surface area is 288 Å². The zero-order valence-electron chi connectivity index (χ0n) is 28.0. The van der Waals surface area contributed by atoms with E-state index < -0.39 is 0 Å². The van der Waals surface area contributed by atoms with Gasteiger partial charge in [-0.3, -0.25) is 4.79 Å². The number of thiazole rings is 1. The van der Waals surface area contributed by atoms with E-state index in [9.17, 15) is 4.79 Å². The Bertz CT molecular complexity index is 2010. The zero-order chi connectivity index (χ0) is 34.3. The molecule has 0 amide bonds. The van der Waals surface area contributed by atoms with Crippen molar-refractivity contribution in [2.24, 2.45) is 0 Å². The highest BCUT2D eigenvalue weighted by molar-refractivity contribution is 7.21. The number of carbonyl (C=O) groups excluding carboxylic acids is 1. The molecule has 0 fully saturated rings. The third-order valence-electron chi connectivity index (χ3n) is 7.89. The van der Waals surface area contributed by atoms with Crippen LogP contribution >= 0.6 is 11.3 Å². The largest absolute Gasteiger partial charge is 0.494 e. The molecule has 0 radical (unpaired) electrons. The molecule has 2 aromatic heterocycles. The Kier molecular flexibility index (Phi) is 10.3. The molecular formula is C38H37N3O7S. The summed E-state index contributed by atoms with van der Waals surface area (Å²) in [7, 11) is 6.25. The molecule has 0 aliphatic heterocycles. The fourth-order valence-corrected chi connectivity index (χ4v) is 6.38. The van der Waals surface area contributed by atoms with Gasteiger partial charge in [-0.05, 0) is 85.6 Å². The highest BCUT2D eigenvalue weighted by Gasteiger charge is 2.20. The van der Waals surface area contributed by atoms with Gasteiger partial charge in [0.05, 0.1) is 63.3 Å². The van der Waals surface area contributed by atoms with Crippen molar-refractivity contribution in [1.82, 2.24) is 14.8 Å². The van der Waals surface area contributed by atoms with Gasteiger partial charge in [-0.25, -0.2) is 4.98 Å². The number of hydrogen-bond acceptors (Lipinski definition) is 10. The lowest BCUT2D eigenvalue weighted by Crippen LogP contribution is -2.09. The van der Waals surface area contributed by atoms with E-state index >= 15 is 0 Å². The van der Waals surface area contributed by atoms with Gasteiger partial charge >= 0.3 is 0 Å². The maximum atomic E-state index is 12.7. The van der Waals surface area contributed by atoms with E-state index in [2.05, 4.69) is 11.2 Å². The molecule has 6 aromatic rings. The van der Waals surface area contributed by atoms with Crippen LogP contribution in [0.2, 0.25) is 0 Å². The van der Waals surface area contributed by atoms with Gasteiger partial charge in [0, 0.05) is 23.6 Å². The SMILES string of the molecule is COc1ccc(-c2cc(-c3cc(OC)c(OC)c(OC)c3)nn2C(C)=O)cc1OCCCCOc1ccc(-c2nc3ccccc3s2)cc1. The standard InChI is InChI=1S/C38H37N3O7S/c1-24(42)41-31(23-30(40-41)27-21-34(44-3)37(46-5)35(22-27)45-4)26-14-17-32(43-2)33(20-26)48-19-9-8-18-47-28-15-12-25(13-16-28)38-39-29-10-6-7-11-36(29)49-38/h6-7,10-17,20-23H,8-9,18-19H2,1-5H3. The maximum absolute atomic E-state index is 12.7. The number of unbranched alkanes of at least 4 members (excludes halogenated alkanes) is 1. The average molecular weight is 680 g/mol.